The zero-order chi connectivity index (χ0) is 14.7. The quantitative estimate of drug-likeness (QED) is 0.819. The summed E-state index contributed by atoms with van der Waals surface area (Å²) in [6.07, 6.45) is 5.45. The van der Waals surface area contributed by atoms with Gasteiger partial charge in [0.15, 0.2) is 0 Å². The molecule has 3 rings (SSSR count). The van der Waals surface area contributed by atoms with E-state index < -0.39 is 0 Å². The zero-order valence-electron chi connectivity index (χ0n) is 12.5. The van der Waals surface area contributed by atoms with Crippen LogP contribution in [0.25, 0.3) is 0 Å². The highest BCUT2D eigenvalue weighted by Crippen LogP contribution is 2.18. The smallest absolute Gasteiger partial charge is 0.274 e. The second-order valence-electron chi connectivity index (χ2n) is 5.83. The molecule has 1 aromatic heterocycles. The van der Waals surface area contributed by atoms with E-state index in [1.54, 1.807) is 12.4 Å². The highest BCUT2D eigenvalue weighted by molar-refractivity contribution is 5.92. The first kappa shape index (κ1) is 14.3. The van der Waals surface area contributed by atoms with E-state index >= 15 is 0 Å². The lowest BCUT2D eigenvalue weighted by atomic mass is 9.99. The summed E-state index contributed by atoms with van der Waals surface area (Å²) in [7, 11) is 0. The highest BCUT2D eigenvalue weighted by Gasteiger charge is 2.23. The molecule has 0 spiro atoms. The first-order valence-electron chi connectivity index (χ1n) is 7.68. The number of carbonyl (C=O) groups excluding carboxylic acids is 1. The average molecular weight is 290 g/mol. The molecule has 0 atom stereocenters. The summed E-state index contributed by atoms with van der Waals surface area (Å²) in [4.78, 5) is 25.1. The summed E-state index contributed by atoms with van der Waals surface area (Å²) in [5.74, 6) is 1.54. The second kappa shape index (κ2) is 6.39. The fourth-order valence-corrected chi connectivity index (χ4v) is 2.76. The average Bonchev–Trinajstić information content (AvgIpc) is 2.56. The Hall–Kier alpha value is -1.69. The highest BCUT2D eigenvalue weighted by atomic mass is 16.5. The van der Waals surface area contributed by atoms with Gasteiger partial charge in [-0.2, -0.15) is 0 Å². The standard InChI is InChI=1S/C15H22N4O2/c1-12-2-4-19(5-3-12)15(20)13-10-17-14(11-16-13)18-6-8-21-9-7-18/h10-12H,2-9H2,1H3. The number of aromatic nitrogens is 2. The van der Waals surface area contributed by atoms with Gasteiger partial charge in [0.25, 0.3) is 5.91 Å². The molecule has 114 valence electrons. The Labute approximate surface area is 125 Å². The number of morpholine rings is 1. The van der Waals surface area contributed by atoms with Gasteiger partial charge in [-0.15, -0.1) is 0 Å². The molecule has 6 heteroatoms. The number of hydrogen-bond acceptors (Lipinski definition) is 5. The minimum Gasteiger partial charge on any atom is -0.378 e. The number of nitrogens with zero attached hydrogens (tertiary/aromatic N) is 4. The van der Waals surface area contributed by atoms with Crippen molar-refractivity contribution < 1.29 is 9.53 Å². The monoisotopic (exact) mass is 290 g/mol. The minimum atomic E-state index is 0.00271. The summed E-state index contributed by atoms with van der Waals surface area (Å²) < 4.78 is 5.32. The van der Waals surface area contributed by atoms with Crippen LogP contribution < -0.4 is 4.90 Å². The molecule has 2 fully saturated rings. The molecule has 0 aromatic carbocycles. The molecule has 3 heterocycles. The fraction of sp³-hybridized carbons (Fsp3) is 0.667. The third-order valence-electron chi connectivity index (χ3n) is 4.26. The van der Waals surface area contributed by atoms with E-state index in [0.717, 1.165) is 44.8 Å². The van der Waals surface area contributed by atoms with E-state index in [1.165, 1.54) is 0 Å². The van der Waals surface area contributed by atoms with E-state index in [1.807, 2.05) is 4.90 Å². The molecule has 2 saturated heterocycles. The number of anilines is 1. The van der Waals surface area contributed by atoms with Crippen LogP contribution in [-0.2, 0) is 4.74 Å². The van der Waals surface area contributed by atoms with Crippen LogP contribution >= 0.6 is 0 Å². The summed E-state index contributed by atoms with van der Waals surface area (Å²) in [5, 5.41) is 0. The van der Waals surface area contributed by atoms with Crippen molar-refractivity contribution in [3.05, 3.63) is 18.1 Å². The van der Waals surface area contributed by atoms with Crippen LogP contribution in [0.4, 0.5) is 5.82 Å². The van der Waals surface area contributed by atoms with Crippen molar-refractivity contribution in [2.45, 2.75) is 19.8 Å². The normalized spacial score (nSPS) is 20.6. The lowest BCUT2D eigenvalue weighted by molar-refractivity contribution is 0.0690. The maximum atomic E-state index is 12.4. The molecular formula is C15H22N4O2. The van der Waals surface area contributed by atoms with Gasteiger partial charge in [0.2, 0.25) is 0 Å². The molecule has 0 saturated carbocycles. The van der Waals surface area contributed by atoms with Gasteiger partial charge in [0.05, 0.1) is 25.6 Å². The van der Waals surface area contributed by atoms with E-state index in [0.29, 0.717) is 24.8 Å². The maximum Gasteiger partial charge on any atom is 0.274 e. The maximum absolute atomic E-state index is 12.4. The van der Waals surface area contributed by atoms with Crippen molar-refractivity contribution in [1.29, 1.82) is 0 Å². The van der Waals surface area contributed by atoms with Gasteiger partial charge >= 0.3 is 0 Å². The Morgan fingerprint density at radius 3 is 2.48 bits per heavy atom. The van der Waals surface area contributed by atoms with Crippen LogP contribution in [0.3, 0.4) is 0 Å². The number of ether oxygens (including phenoxy) is 1. The van der Waals surface area contributed by atoms with E-state index in [2.05, 4.69) is 21.8 Å². The lowest BCUT2D eigenvalue weighted by Crippen LogP contribution is -2.39. The third kappa shape index (κ3) is 3.32. The molecular weight excluding hydrogens is 268 g/mol. The third-order valence-corrected chi connectivity index (χ3v) is 4.26. The van der Waals surface area contributed by atoms with Gasteiger partial charge < -0.3 is 14.5 Å². The summed E-state index contributed by atoms with van der Waals surface area (Å²) in [6, 6.07) is 0. The number of rotatable bonds is 2. The zero-order valence-corrected chi connectivity index (χ0v) is 12.5. The van der Waals surface area contributed by atoms with Crippen molar-refractivity contribution in [1.82, 2.24) is 14.9 Å². The van der Waals surface area contributed by atoms with Gasteiger partial charge in [-0.3, -0.25) is 4.79 Å². The topological polar surface area (TPSA) is 58.6 Å². The Bertz CT molecular complexity index is 477. The van der Waals surface area contributed by atoms with Crippen LogP contribution in [0.1, 0.15) is 30.3 Å². The van der Waals surface area contributed by atoms with Gasteiger partial charge in [-0.25, -0.2) is 9.97 Å². The lowest BCUT2D eigenvalue weighted by Gasteiger charge is -2.30. The molecule has 0 unspecified atom stereocenters. The molecule has 0 N–H and O–H groups in total. The Morgan fingerprint density at radius 1 is 1.14 bits per heavy atom. The van der Waals surface area contributed by atoms with Gasteiger partial charge in [-0.05, 0) is 18.8 Å². The number of amides is 1. The first-order valence-corrected chi connectivity index (χ1v) is 7.68. The van der Waals surface area contributed by atoms with Gasteiger partial charge in [-0.1, -0.05) is 6.92 Å². The molecule has 0 bridgehead atoms. The van der Waals surface area contributed by atoms with Crippen LogP contribution in [0.15, 0.2) is 12.4 Å². The largest absolute Gasteiger partial charge is 0.378 e. The van der Waals surface area contributed by atoms with Crippen molar-refractivity contribution in [2.24, 2.45) is 5.92 Å². The summed E-state index contributed by atoms with van der Waals surface area (Å²) >= 11 is 0. The molecule has 1 aromatic rings. The molecule has 0 radical (unpaired) electrons. The van der Waals surface area contributed by atoms with E-state index in [4.69, 9.17) is 4.74 Å². The van der Waals surface area contributed by atoms with E-state index in [9.17, 15) is 4.79 Å². The molecule has 0 aliphatic carbocycles. The Kier molecular flexibility index (Phi) is 4.34. The SMILES string of the molecule is CC1CCN(C(=O)c2cnc(N3CCOCC3)cn2)CC1. The predicted molar refractivity (Wildman–Crippen MR) is 79.4 cm³/mol. The Balaban J connectivity index is 1.64. The number of likely N-dealkylation sites (tertiary alicyclic amines) is 1. The summed E-state index contributed by atoms with van der Waals surface area (Å²) in [5.41, 5.74) is 0.446. The molecule has 21 heavy (non-hydrogen) atoms. The van der Waals surface area contributed by atoms with Crippen LogP contribution in [-0.4, -0.2) is 60.2 Å². The molecule has 6 nitrogen and oxygen atoms in total. The Morgan fingerprint density at radius 2 is 1.86 bits per heavy atom. The second-order valence-corrected chi connectivity index (χ2v) is 5.83. The molecule has 2 aliphatic heterocycles. The van der Waals surface area contributed by atoms with Gasteiger partial charge in [0.1, 0.15) is 11.5 Å². The fourth-order valence-electron chi connectivity index (χ4n) is 2.76. The van der Waals surface area contributed by atoms with E-state index in [-0.39, 0.29) is 5.91 Å². The van der Waals surface area contributed by atoms with Crippen LogP contribution in [0.2, 0.25) is 0 Å². The van der Waals surface area contributed by atoms with Gasteiger partial charge in [0, 0.05) is 26.2 Å². The number of hydrogen-bond donors (Lipinski definition) is 0. The van der Waals surface area contributed by atoms with Crippen LogP contribution in [0, 0.1) is 5.92 Å². The molecule has 1 amide bonds. The first-order chi connectivity index (χ1) is 10.2. The van der Waals surface area contributed by atoms with Crippen LogP contribution in [0.5, 0.6) is 0 Å². The van der Waals surface area contributed by atoms with Crippen molar-refractivity contribution in [3.8, 4) is 0 Å². The number of piperidine rings is 1. The predicted octanol–water partition coefficient (Wildman–Crippen LogP) is 1.19. The summed E-state index contributed by atoms with van der Waals surface area (Å²) in [6.45, 7) is 6.97. The van der Waals surface area contributed by atoms with Crippen molar-refractivity contribution in [3.63, 3.8) is 0 Å². The minimum absolute atomic E-state index is 0.00271. The number of carbonyl (C=O) groups is 1. The van der Waals surface area contributed by atoms with Crippen molar-refractivity contribution in [2.75, 3.05) is 44.3 Å². The molecule has 2 aliphatic rings. The van der Waals surface area contributed by atoms with Crippen molar-refractivity contribution >= 4 is 11.7 Å².